The van der Waals surface area contributed by atoms with E-state index in [1.54, 1.807) is 6.07 Å². The van der Waals surface area contributed by atoms with Gasteiger partial charge >= 0.3 is 0 Å². The molecule has 1 aliphatic heterocycles. The number of aryl methyl sites for hydroxylation is 3. The van der Waals surface area contributed by atoms with Gasteiger partial charge in [-0.05, 0) is 44.0 Å². The molecule has 0 spiro atoms. The second-order valence-electron chi connectivity index (χ2n) is 7.37. The van der Waals surface area contributed by atoms with Gasteiger partial charge in [-0.15, -0.1) is 0 Å². The normalized spacial score (nSPS) is 14.4. The molecule has 2 N–H and O–H groups in total. The molecule has 0 radical (unpaired) electrons. The van der Waals surface area contributed by atoms with Crippen LogP contribution in [0.25, 0.3) is 0 Å². The monoisotopic (exact) mass is 396 g/mol. The molecule has 0 unspecified atom stereocenters. The molecule has 1 aromatic heterocycles. The molecule has 1 aliphatic rings. The molecule has 0 atom stereocenters. The maximum Gasteiger partial charge on any atom is 0.274 e. The number of aromatic nitrogens is 1. The average molecular weight is 396 g/mol. The predicted octanol–water partition coefficient (Wildman–Crippen LogP) is 2.32. The zero-order chi connectivity index (χ0) is 20.8. The van der Waals surface area contributed by atoms with Crippen LogP contribution in [0.2, 0.25) is 0 Å². The highest BCUT2D eigenvalue weighted by Crippen LogP contribution is 2.22. The van der Waals surface area contributed by atoms with Crippen LogP contribution in [-0.2, 0) is 4.74 Å². The average Bonchev–Trinajstić information content (AvgIpc) is 2.71. The third-order valence-electron chi connectivity index (χ3n) is 4.99. The molecule has 0 bridgehead atoms. The maximum atomic E-state index is 12.7. The molecule has 0 saturated carbocycles. The third kappa shape index (κ3) is 5.62. The van der Waals surface area contributed by atoms with Gasteiger partial charge in [0.05, 0.1) is 13.2 Å². The van der Waals surface area contributed by atoms with Crippen LogP contribution in [-0.4, -0.2) is 61.1 Å². The highest BCUT2D eigenvalue weighted by Gasteiger charge is 2.15. The van der Waals surface area contributed by atoms with Crippen LogP contribution in [0.1, 0.15) is 37.5 Å². The van der Waals surface area contributed by atoms with E-state index in [0.717, 1.165) is 55.2 Å². The lowest BCUT2D eigenvalue weighted by atomic mass is 10.0. The first kappa shape index (κ1) is 21.0. The number of anilines is 1. The van der Waals surface area contributed by atoms with Gasteiger partial charge in [0.2, 0.25) is 0 Å². The van der Waals surface area contributed by atoms with Crippen molar-refractivity contribution in [3.8, 4) is 0 Å². The zero-order valence-corrected chi connectivity index (χ0v) is 17.2. The number of hydrogen-bond donors (Lipinski definition) is 2. The topological polar surface area (TPSA) is 83.6 Å². The number of amides is 2. The minimum atomic E-state index is -0.331. The number of carbonyl (C=O) groups is 2. The van der Waals surface area contributed by atoms with Crippen molar-refractivity contribution < 1.29 is 14.3 Å². The van der Waals surface area contributed by atoms with Crippen molar-refractivity contribution in [2.45, 2.75) is 20.8 Å². The SMILES string of the molecule is Cc1cc(C)c(NC(=O)c2cc(C(=O)NCCN3CCOCC3)ccn2)c(C)c1. The molecule has 154 valence electrons. The van der Waals surface area contributed by atoms with Crippen molar-refractivity contribution in [3.05, 3.63) is 58.4 Å². The largest absolute Gasteiger partial charge is 0.379 e. The van der Waals surface area contributed by atoms with Crippen molar-refractivity contribution in [2.75, 3.05) is 44.7 Å². The molecule has 1 aromatic carbocycles. The number of benzene rings is 1. The third-order valence-corrected chi connectivity index (χ3v) is 4.99. The molecular weight excluding hydrogens is 368 g/mol. The molecular formula is C22H28N4O3. The van der Waals surface area contributed by atoms with Crippen LogP contribution < -0.4 is 10.6 Å². The lowest BCUT2D eigenvalue weighted by molar-refractivity contribution is 0.0383. The summed E-state index contributed by atoms with van der Waals surface area (Å²) in [6.45, 7) is 10.5. The van der Waals surface area contributed by atoms with E-state index >= 15 is 0 Å². The summed E-state index contributed by atoms with van der Waals surface area (Å²) >= 11 is 0. The summed E-state index contributed by atoms with van der Waals surface area (Å²) in [5.41, 5.74) is 4.55. The van der Waals surface area contributed by atoms with E-state index in [2.05, 4.69) is 20.5 Å². The lowest BCUT2D eigenvalue weighted by Crippen LogP contribution is -2.41. The van der Waals surface area contributed by atoms with Gasteiger partial charge in [-0.25, -0.2) is 0 Å². The summed E-state index contributed by atoms with van der Waals surface area (Å²) in [5, 5.41) is 5.83. The van der Waals surface area contributed by atoms with E-state index in [9.17, 15) is 9.59 Å². The maximum absolute atomic E-state index is 12.7. The quantitative estimate of drug-likeness (QED) is 0.783. The van der Waals surface area contributed by atoms with Crippen molar-refractivity contribution in [1.29, 1.82) is 0 Å². The van der Waals surface area contributed by atoms with E-state index in [0.29, 0.717) is 12.1 Å². The van der Waals surface area contributed by atoms with Crippen LogP contribution in [0, 0.1) is 20.8 Å². The van der Waals surface area contributed by atoms with Crippen LogP contribution in [0.15, 0.2) is 30.5 Å². The minimum Gasteiger partial charge on any atom is -0.379 e. The standard InChI is InChI=1S/C22H28N4O3/c1-15-12-16(2)20(17(3)13-15)25-22(28)19-14-18(4-5-23-19)21(27)24-6-7-26-8-10-29-11-9-26/h4-5,12-14H,6-11H2,1-3H3,(H,24,27)(H,25,28). The van der Waals surface area contributed by atoms with Crippen LogP contribution in [0.4, 0.5) is 5.69 Å². The van der Waals surface area contributed by atoms with Crippen LogP contribution >= 0.6 is 0 Å². The number of morpholine rings is 1. The summed E-state index contributed by atoms with van der Waals surface area (Å²) in [6, 6.07) is 7.18. The van der Waals surface area contributed by atoms with Gasteiger partial charge in [0, 0.05) is 43.6 Å². The number of hydrogen-bond acceptors (Lipinski definition) is 5. The Kier molecular flexibility index (Phi) is 6.95. The number of ether oxygens (including phenoxy) is 1. The fourth-order valence-corrected chi connectivity index (χ4v) is 3.51. The fourth-order valence-electron chi connectivity index (χ4n) is 3.51. The number of nitrogens with one attached hydrogen (secondary N) is 2. The molecule has 2 heterocycles. The predicted molar refractivity (Wildman–Crippen MR) is 112 cm³/mol. The van der Waals surface area contributed by atoms with Gasteiger partial charge in [0.15, 0.2) is 0 Å². The highest BCUT2D eigenvalue weighted by molar-refractivity contribution is 6.05. The first-order chi connectivity index (χ1) is 13.9. The molecule has 0 aliphatic carbocycles. The minimum absolute atomic E-state index is 0.211. The van der Waals surface area contributed by atoms with Crippen LogP contribution in [0.5, 0.6) is 0 Å². The molecule has 2 aromatic rings. The summed E-state index contributed by atoms with van der Waals surface area (Å²) in [4.78, 5) is 31.5. The molecule has 29 heavy (non-hydrogen) atoms. The van der Waals surface area contributed by atoms with E-state index < -0.39 is 0 Å². The lowest BCUT2D eigenvalue weighted by Gasteiger charge is -2.26. The van der Waals surface area contributed by atoms with Gasteiger partial charge < -0.3 is 15.4 Å². The molecule has 1 saturated heterocycles. The Bertz CT molecular complexity index is 868. The summed E-state index contributed by atoms with van der Waals surface area (Å²) in [6.07, 6.45) is 1.49. The fraction of sp³-hybridized carbons (Fsp3) is 0.409. The summed E-state index contributed by atoms with van der Waals surface area (Å²) in [7, 11) is 0. The molecule has 2 amide bonds. The van der Waals surface area contributed by atoms with Crippen molar-refractivity contribution in [2.24, 2.45) is 0 Å². The Morgan fingerprint density at radius 2 is 1.76 bits per heavy atom. The Morgan fingerprint density at radius 3 is 2.45 bits per heavy atom. The number of pyridine rings is 1. The molecule has 7 nitrogen and oxygen atoms in total. The molecule has 3 rings (SSSR count). The molecule has 7 heteroatoms. The second-order valence-corrected chi connectivity index (χ2v) is 7.37. The molecule has 1 fully saturated rings. The number of carbonyl (C=O) groups excluding carboxylic acids is 2. The van der Waals surface area contributed by atoms with Gasteiger partial charge in [0.25, 0.3) is 11.8 Å². The Morgan fingerprint density at radius 1 is 1.07 bits per heavy atom. The van der Waals surface area contributed by atoms with Gasteiger partial charge in [-0.1, -0.05) is 17.7 Å². The smallest absolute Gasteiger partial charge is 0.274 e. The van der Waals surface area contributed by atoms with Gasteiger partial charge in [0.1, 0.15) is 5.69 Å². The first-order valence-electron chi connectivity index (χ1n) is 9.87. The Hall–Kier alpha value is -2.77. The van der Waals surface area contributed by atoms with E-state index in [4.69, 9.17) is 4.74 Å². The van der Waals surface area contributed by atoms with Crippen molar-refractivity contribution in [1.82, 2.24) is 15.2 Å². The second kappa shape index (κ2) is 9.62. The van der Waals surface area contributed by atoms with E-state index in [1.807, 2.05) is 32.9 Å². The van der Waals surface area contributed by atoms with Crippen molar-refractivity contribution in [3.63, 3.8) is 0 Å². The van der Waals surface area contributed by atoms with E-state index in [-0.39, 0.29) is 17.5 Å². The number of rotatable bonds is 6. The number of nitrogens with zero attached hydrogens (tertiary/aromatic N) is 2. The summed E-state index contributed by atoms with van der Waals surface area (Å²) in [5.74, 6) is -0.541. The van der Waals surface area contributed by atoms with E-state index in [1.165, 1.54) is 12.3 Å². The van der Waals surface area contributed by atoms with Gasteiger partial charge in [-0.3, -0.25) is 19.5 Å². The Labute approximate surface area is 171 Å². The van der Waals surface area contributed by atoms with Crippen LogP contribution in [0.3, 0.4) is 0 Å². The first-order valence-corrected chi connectivity index (χ1v) is 9.87. The van der Waals surface area contributed by atoms with Gasteiger partial charge in [-0.2, -0.15) is 0 Å². The Balaban J connectivity index is 1.61. The summed E-state index contributed by atoms with van der Waals surface area (Å²) < 4.78 is 5.32. The zero-order valence-electron chi connectivity index (χ0n) is 17.2. The van der Waals surface area contributed by atoms with Crippen molar-refractivity contribution >= 4 is 17.5 Å². The highest BCUT2D eigenvalue weighted by atomic mass is 16.5.